The Labute approximate surface area is 207 Å². The van der Waals surface area contributed by atoms with Crippen molar-refractivity contribution in [3.05, 3.63) is 119 Å². The van der Waals surface area contributed by atoms with E-state index >= 15 is 0 Å². The number of benzene rings is 3. The molecule has 5 rings (SSSR count). The van der Waals surface area contributed by atoms with Crippen molar-refractivity contribution in [1.29, 1.82) is 0 Å². The molecule has 180 valence electrons. The van der Waals surface area contributed by atoms with E-state index in [4.69, 9.17) is 0 Å². The van der Waals surface area contributed by atoms with Crippen LogP contribution in [-0.4, -0.2) is 21.6 Å². The number of halogens is 1. The molecule has 7 nitrogen and oxygen atoms in total. The molecular weight excluding hydrogens is 457 g/mol. The summed E-state index contributed by atoms with van der Waals surface area (Å²) in [5.74, 6) is -0.601. The predicted molar refractivity (Wildman–Crippen MR) is 137 cm³/mol. The van der Waals surface area contributed by atoms with E-state index in [9.17, 15) is 14.0 Å². The van der Waals surface area contributed by atoms with Gasteiger partial charge in [-0.15, -0.1) is 0 Å². The number of hydrogen-bond donors (Lipinski definition) is 3. The van der Waals surface area contributed by atoms with Crippen LogP contribution in [0.3, 0.4) is 0 Å². The molecule has 2 heterocycles. The van der Waals surface area contributed by atoms with Crippen LogP contribution in [0.4, 0.5) is 21.6 Å². The van der Waals surface area contributed by atoms with E-state index in [1.54, 1.807) is 35.9 Å². The SMILES string of the molecule is CC1=C(C(=O)Nc2ccccc2)[C@@H](c2ccc(F)cc2)n2ncc(C(=O)Nc3cccc(C)c3)c2N1. The molecule has 0 aliphatic carbocycles. The number of fused-ring (bicyclic) bond motifs is 1. The molecule has 0 saturated heterocycles. The maximum Gasteiger partial charge on any atom is 0.261 e. The van der Waals surface area contributed by atoms with Crippen molar-refractivity contribution in [3.8, 4) is 0 Å². The minimum absolute atomic E-state index is 0.325. The van der Waals surface area contributed by atoms with Gasteiger partial charge in [-0.05, 0) is 61.4 Å². The van der Waals surface area contributed by atoms with Crippen LogP contribution >= 0.6 is 0 Å². The molecule has 4 aromatic rings. The second-order valence-corrected chi connectivity index (χ2v) is 8.61. The van der Waals surface area contributed by atoms with Crippen molar-refractivity contribution in [1.82, 2.24) is 9.78 Å². The fourth-order valence-electron chi connectivity index (χ4n) is 4.31. The van der Waals surface area contributed by atoms with E-state index in [1.807, 2.05) is 49.4 Å². The quantitative estimate of drug-likeness (QED) is 0.351. The number of allylic oxidation sites excluding steroid dienone is 1. The van der Waals surface area contributed by atoms with Crippen molar-refractivity contribution in [3.63, 3.8) is 0 Å². The number of aryl methyl sites for hydroxylation is 1. The molecule has 0 bridgehead atoms. The molecule has 1 aromatic heterocycles. The first-order valence-corrected chi connectivity index (χ1v) is 11.5. The Balaban J connectivity index is 1.54. The van der Waals surface area contributed by atoms with E-state index in [-0.39, 0.29) is 17.6 Å². The molecule has 0 fully saturated rings. The van der Waals surface area contributed by atoms with Crippen LogP contribution in [0.1, 0.15) is 34.5 Å². The summed E-state index contributed by atoms with van der Waals surface area (Å²) in [7, 11) is 0. The van der Waals surface area contributed by atoms with Crippen LogP contribution in [0.2, 0.25) is 0 Å². The Morgan fingerprint density at radius 1 is 0.889 bits per heavy atom. The zero-order valence-electron chi connectivity index (χ0n) is 19.7. The van der Waals surface area contributed by atoms with Gasteiger partial charge >= 0.3 is 0 Å². The Kier molecular flexibility index (Phi) is 6.08. The number of para-hydroxylation sites is 1. The van der Waals surface area contributed by atoms with Crippen LogP contribution in [0.15, 0.2) is 96.3 Å². The normalized spacial score (nSPS) is 14.6. The van der Waals surface area contributed by atoms with Crippen LogP contribution < -0.4 is 16.0 Å². The molecule has 2 amide bonds. The van der Waals surface area contributed by atoms with Crippen LogP contribution in [-0.2, 0) is 4.79 Å². The van der Waals surface area contributed by atoms with Crippen molar-refractivity contribution in [2.75, 3.05) is 16.0 Å². The molecule has 3 aromatic carbocycles. The van der Waals surface area contributed by atoms with Gasteiger partial charge in [-0.2, -0.15) is 5.10 Å². The topological polar surface area (TPSA) is 88.0 Å². The van der Waals surface area contributed by atoms with Crippen molar-refractivity contribution >= 4 is 29.0 Å². The molecular formula is C28H24FN5O2. The lowest BCUT2D eigenvalue weighted by molar-refractivity contribution is -0.113. The lowest BCUT2D eigenvalue weighted by atomic mass is 9.94. The van der Waals surface area contributed by atoms with E-state index < -0.39 is 6.04 Å². The second kappa shape index (κ2) is 9.50. The molecule has 36 heavy (non-hydrogen) atoms. The highest BCUT2D eigenvalue weighted by molar-refractivity contribution is 6.09. The van der Waals surface area contributed by atoms with Crippen LogP contribution in [0.25, 0.3) is 0 Å². The Hall–Kier alpha value is -4.72. The van der Waals surface area contributed by atoms with E-state index in [0.717, 1.165) is 5.56 Å². The number of nitrogens with one attached hydrogen (secondary N) is 3. The van der Waals surface area contributed by atoms with Crippen molar-refractivity contribution in [2.24, 2.45) is 0 Å². The average molecular weight is 482 g/mol. The van der Waals surface area contributed by atoms with Crippen molar-refractivity contribution < 1.29 is 14.0 Å². The molecule has 0 saturated carbocycles. The number of nitrogens with zero attached hydrogens (tertiary/aromatic N) is 2. The highest BCUT2D eigenvalue weighted by Crippen LogP contribution is 2.38. The number of aromatic nitrogens is 2. The van der Waals surface area contributed by atoms with Gasteiger partial charge in [0.15, 0.2) is 0 Å². The number of hydrogen-bond acceptors (Lipinski definition) is 4. The maximum absolute atomic E-state index is 13.7. The summed E-state index contributed by atoms with van der Waals surface area (Å²) in [4.78, 5) is 26.6. The summed E-state index contributed by atoms with van der Waals surface area (Å²) < 4.78 is 15.3. The third kappa shape index (κ3) is 4.48. The fourth-order valence-corrected chi connectivity index (χ4v) is 4.31. The summed E-state index contributed by atoms with van der Waals surface area (Å²) in [5.41, 5.74) is 4.29. The van der Waals surface area contributed by atoms with Gasteiger partial charge in [-0.1, -0.05) is 42.5 Å². The van der Waals surface area contributed by atoms with Gasteiger partial charge in [0.1, 0.15) is 23.2 Å². The third-order valence-corrected chi connectivity index (χ3v) is 6.01. The summed E-state index contributed by atoms with van der Waals surface area (Å²) in [6.07, 6.45) is 1.47. The van der Waals surface area contributed by atoms with Gasteiger partial charge in [0, 0.05) is 17.1 Å². The second-order valence-electron chi connectivity index (χ2n) is 8.61. The lowest BCUT2D eigenvalue weighted by Crippen LogP contribution is -2.32. The monoisotopic (exact) mass is 481 g/mol. The summed E-state index contributed by atoms with van der Waals surface area (Å²) in [6.45, 7) is 3.72. The largest absolute Gasteiger partial charge is 0.343 e. The first-order valence-electron chi connectivity index (χ1n) is 11.5. The molecule has 0 radical (unpaired) electrons. The molecule has 1 aliphatic heterocycles. The number of carbonyl (C=O) groups is 2. The lowest BCUT2D eigenvalue weighted by Gasteiger charge is -2.30. The van der Waals surface area contributed by atoms with E-state index in [1.165, 1.54) is 18.3 Å². The molecule has 0 unspecified atom stereocenters. The fraction of sp³-hybridized carbons (Fsp3) is 0.107. The summed E-state index contributed by atoms with van der Waals surface area (Å²) in [6, 6.07) is 21.9. The Bertz CT molecular complexity index is 1480. The average Bonchev–Trinajstić information content (AvgIpc) is 3.28. The number of amides is 2. The van der Waals surface area contributed by atoms with Crippen molar-refractivity contribution in [2.45, 2.75) is 19.9 Å². The van der Waals surface area contributed by atoms with Crippen LogP contribution in [0.5, 0.6) is 0 Å². The standard InChI is InChI=1S/C28H24FN5O2/c1-17-7-6-10-22(15-17)33-27(35)23-16-30-34-25(19-11-13-20(29)14-12-19)24(18(2)31-26(23)34)28(36)32-21-8-4-3-5-9-21/h3-16,25,31H,1-2H3,(H,32,36)(H,33,35)/t25-/m1/s1. The number of rotatable bonds is 5. The zero-order valence-corrected chi connectivity index (χ0v) is 19.7. The maximum atomic E-state index is 13.7. The van der Waals surface area contributed by atoms with Gasteiger partial charge in [-0.3, -0.25) is 9.59 Å². The Morgan fingerprint density at radius 2 is 1.58 bits per heavy atom. The first kappa shape index (κ1) is 23.0. The molecule has 1 aliphatic rings. The Morgan fingerprint density at radius 3 is 2.31 bits per heavy atom. The van der Waals surface area contributed by atoms with Crippen LogP contribution in [0, 0.1) is 12.7 Å². The summed E-state index contributed by atoms with van der Waals surface area (Å²) >= 11 is 0. The number of anilines is 3. The van der Waals surface area contributed by atoms with Gasteiger partial charge in [-0.25, -0.2) is 9.07 Å². The predicted octanol–water partition coefficient (Wildman–Crippen LogP) is 5.51. The summed E-state index contributed by atoms with van der Waals surface area (Å²) in [5, 5.41) is 13.5. The minimum Gasteiger partial charge on any atom is -0.343 e. The van der Waals surface area contributed by atoms with E-state index in [2.05, 4.69) is 21.0 Å². The highest BCUT2D eigenvalue weighted by atomic mass is 19.1. The first-order chi connectivity index (χ1) is 17.4. The molecule has 3 N–H and O–H groups in total. The third-order valence-electron chi connectivity index (χ3n) is 6.01. The molecule has 8 heteroatoms. The van der Waals surface area contributed by atoms with Gasteiger partial charge in [0.05, 0.1) is 11.8 Å². The number of carbonyl (C=O) groups excluding carboxylic acids is 2. The van der Waals surface area contributed by atoms with Gasteiger partial charge in [0.2, 0.25) is 0 Å². The minimum atomic E-state index is -0.675. The zero-order chi connectivity index (χ0) is 25.2. The smallest absolute Gasteiger partial charge is 0.261 e. The van der Waals surface area contributed by atoms with Gasteiger partial charge in [0.25, 0.3) is 11.8 Å². The van der Waals surface area contributed by atoms with Gasteiger partial charge < -0.3 is 16.0 Å². The molecule has 0 spiro atoms. The highest BCUT2D eigenvalue weighted by Gasteiger charge is 2.35. The molecule has 1 atom stereocenters. The van der Waals surface area contributed by atoms with E-state index in [0.29, 0.717) is 39.6 Å².